The molecule has 29 heavy (non-hydrogen) atoms. The molecule has 0 saturated heterocycles. The van der Waals surface area contributed by atoms with Gasteiger partial charge in [-0.1, -0.05) is 54.6 Å². The van der Waals surface area contributed by atoms with Gasteiger partial charge in [-0.2, -0.15) is 0 Å². The predicted octanol–water partition coefficient (Wildman–Crippen LogP) is 3.60. The molecule has 1 atom stereocenters. The van der Waals surface area contributed by atoms with Crippen molar-refractivity contribution in [2.24, 2.45) is 5.73 Å². The number of amides is 2. The summed E-state index contributed by atoms with van der Waals surface area (Å²) in [6.07, 6.45) is 0.0283. The highest BCUT2D eigenvalue weighted by molar-refractivity contribution is 5.97. The van der Waals surface area contributed by atoms with Crippen molar-refractivity contribution in [3.8, 4) is 11.1 Å². The minimum Gasteiger partial charge on any atom is -0.368 e. The first-order valence-corrected chi connectivity index (χ1v) is 8.74. The summed E-state index contributed by atoms with van der Waals surface area (Å²) >= 11 is 0. The Hall–Kier alpha value is -3.61. The molecule has 4 nitrogen and oxygen atoms in total. The molecule has 3 aromatic carbocycles. The van der Waals surface area contributed by atoms with Gasteiger partial charge < -0.3 is 11.1 Å². The highest BCUT2D eigenvalue weighted by Crippen LogP contribution is 2.20. The van der Waals surface area contributed by atoms with E-state index in [1.165, 1.54) is 0 Å². The number of carbonyl (C=O) groups is 2. The molecule has 7 heteroatoms. The van der Waals surface area contributed by atoms with E-state index in [-0.39, 0.29) is 6.42 Å². The third kappa shape index (κ3) is 4.82. The van der Waals surface area contributed by atoms with Gasteiger partial charge in [0.05, 0.1) is 0 Å². The summed E-state index contributed by atoms with van der Waals surface area (Å²) in [6, 6.07) is 16.4. The zero-order valence-corrected chi connectivity index (χ0v) is 15.2. The Morgan fingerprint density at radius 1 is 0.862 bits per heavy atom. The summed E-state index contributed by atoms with van der Waals surface area (Å²) in [5, 5.41) is 2.21. The van der Waals surface area contributed by atoms with Crippen LogP contribution >= 0.6 is 0 Å². The fourth-order valence-electron chi connectivity index (χ4n) is 2.91. The van der Waals surface area contributed by atoms with Crippen molar-refractivity contribution < 1.29 is 22.8 Å². The Bertz CT molecular complexity index is 1010. The van der Waals surface area contributed by atoms with Crippen LogP contribution < -0.4 is 11.1 Å². The van der Waals surface area contributed by atoms with Crippen molar-refractivity contribution in [3.63, 3.8) is 0 Å². The van der Waals surface area contributed by atoms with Crippen molar-refractivity contribution in [1.82, 2.24) is 5.32 Å². The van der Waals surface area contributed by atoms with E-state index in [0.717, 1.165) is 11.1 Å². The standard InChI is InChI=1S/C22H17F3N2O2/c23-16-11-17(24)20(18(25)12-16)22(29)27-19(21(26)28)10-13-6-8-15(9-7-13)14-4-2-1-3-5-14/h1-9,11-12,19H,10H2,(H2,26,28)(H,27,29)/t19-/m0/s1. The number of halogens is 3. The molecule has 3 rings (SSSR count). The van der Waals surface area contributed by atoms with Gasteiger partial charge in [-0.25, -0.2) is 13.2 Å². The van der Waals surface area contributed by atoms with Crippen LogP contribution in [0.4, 0.5) is 13.2 Å². The van der Waals surface area contributed by atoms with Crippen LogP contribution in [0.25, 0.3) is 11.1 Å². The van der Waals surface area contributed by atoms with Gasteiger partial charge in [-0.05, 0) is 16.7 Å². The molecular formula is C22H17F3N2O2. The molecule has 148 valence electrons. The summed E-state index contributed by atoms with van der Waals surface area (Å²) < 4.78 is 40.6. The Labute approximate surface area is 165 Å². The molecule has 0 spiro atoms. The van der Waals surface area contributed by atoms with Gasteiger partial charge in [0.25, 0.3) is 5.91 Å². The Kier molecular flexibility index (Phi) is 5.97. The van der Waals surface area contributed by atoms with Crippen LogP contribution in [0.15, 0.2) is 66.7 Å². The normalized spacial score (nSPS) is 11.7. The van der Waals surface area contributed by atoms with Crippen LogP contribution in [0.2, 0.25) is 0 Å². The summed E-state index contributed by atoms with van der Waals surface area (Å²) in [5.41, 5.74) is 7.02. The molecule has 2 amide bonds. The van der Waals surface area contributed by atoms with Crippen LogP contribution in [0.3, 0.4) is 0 Å². The van der Waals surface area contributed by atoms with Gasteiger partial charge in [0, 0.05) is 18.6 Å². The van der Waals surface area contributed by atoms with Gasteiger partial charge in [-0.15, -0.1) is 0 Å². The summed E-state index contributed by atoms with van der Waals surface area (Å²) in [4.78, 5) is 24.0. The summed E-state index contributed by atoms with van der Waals surface area (Å²) in [7, 11) is 0. The average Bonchev–Trinajstić information content (AvgIpc) is 2.68. The average molecular weight is 398 g/mol. The summed E-state index contributed by atoms with van der Waals surface area (Å²) in [5.74, 6) is -5.94. The van der Waals surface area contributed by atoms with E-state index in [9.17, 15) is 22.8 Å². The van der Waals surface area contributed by atoms with E-state index >= 15 is 0 Å². The number of hydrogen-bond donors (Lipinski definition) is 2. The van der Waals surface area contributed by atoms with E-state index in [0.29, 0.717) is 17.7 Å². The van der Waals surface area contributed by atoms with E-state index < -0.39 is 40.9 Å². The maximum atomic E-state index is 13.8. The second-order valence-electron chi connectivity index (χ2n) is 6.44. The second-order valence-corrected chi connectivity index (χ2v) is 6.44. The first-order valence-electron chi connectivity index (χ1n) is 8.74. The molecule has 0 heterocycles. The lowest BCUT2D eigenvalue weighted by Crippen LogP contribution is -2.46. The molecule has 3 aromatic rings. The SMILES string of the molecule is NC(=O)[C@H](Cc1ccc(-c2ccccc2)cc1)NC(=O)c1c(F)cc(F)cc1F. The Balaban J connectivity index is 1.76. The van der Waals surface area contributed by atoms with E-state index in [1.54, 1.807) is 12.1 Å². The highest BCUT2D eigenvalue weighted by atomic mass is 19.1. The van der Waals surface area contributed by atoms with Gasteiger partial charge in [0.1, 0.15) is 29.1 Å². The minimum atomic E-state index is -1.37. The lowest BCUT2D eigenvalue weighted by atomic mass is 10.00. The number of nitrogens with one attached hydrogen (secondary N) is 1. The molecule has 0 aliphatic rings. The summed E-state index contributed by atoms with van der Waals surface area (Å²) in [6.45, 7) is 0. The van der Waals surface area contributed by atoms with Crippen LogP contribution in [0.5, 0.6) is 0 Å². The number of carbonyl (C=O) groups excluding carboxylic acids is 2. The largest absolute Gasteiger partial charge is 0.368 e. The number of benzene rings is 3. The third-order valence-electron chi connectivity index (χ3n) is 4.38. The van der Waals surface area contributed by atoms with Gasteiger partial charge in [0.2, 0.25) is 5.91 Å². The van der Waals surface area contributed by atoms with Crippen molar-refractivity contribution in [1.29, 1.82) is 0 Å². The second kappa shape index (κ2) is 8.60. The minimum absolute atomic E-state index is 0.0283. The van der Waals surface area contributed by atoms with Crippen molar-refractivity contribution in [2.75, 3.05) is 0 Å². The molecule has 0 fully saturated rings. The quantitative estimate of drug-likeness (QED) is 0.666. The van der Waals surface area contributed by atoms with E-state index in [1.807, 2.05) is 42.5 Å². The first-order chi connectivity index (χ1) is 13.8. The Morgan fingerprint density at radius 2 is 1.41 bits per heavy atom. The van der Waals surface area contributed by atoms with Crippen LogP contribution in [-0.4, -0.2) is 17.9 Å². The monoisotopic (exact) mass is 398 g/mol. The zero-order valence-electron chi connectivity index (χ0n) is 15.2. The van der Waals surface area contributed by atoms with E-state index in [2.05, 4.69) is 5.32 Å². The maximum absolute atomic E-state index is 13.8. The first kappa shape index (κ1) is 20.1. The molecule has 0 aromatic heterocycles. The van der Waals surface area contributed by atoms with Crippen LogP contribution in [0.1, 0.15) is 15.9 Å². The predicted molar refractivity (Wildman–Crippen MR) is 102 cm³/mol. The lowest BCUT2D eigenvalue weighted by Gasteiger charge is -2.16. The fourth-order valence-corrected chi connectivity index (χ4v) is 2.91. The van der Waals surface area contributed by atoms with Gasteiger partial charge in [-0.3, -0.25) is 9.59 Å². The van der Waals surface area contributed by atoms with E-state index in [4.69, 9.17) is 5.73 Å². The molecule has 0 aliphatic carbocycles. The van der Waals surface area contributed by atoms with Crippen LogP contribution in [-0.2, 0) is 11.2 Å². The number of rotatable bonds is 6. The van der Waals surface area contributed by atoms with Gasteiger partial charge in [0.15, 0.2) is 0 Å². The molecule has 0 aliphatic heterocycles. The lowest BCUT2D eigenvalue weighted by molar-refractivity contribution is -0.119. The number of hydrogen-bond acceptors (Lipinski definition) is 2. The third-order valence-corrected chi connectivity index (χ3v) is 4.38. The maximum Gasteiger partial charge on any atom is 0.257 e. The molecule has 0 bridgehead atoms. The highest BCUT2D eigenvalue weighted by Gasteiger charge is 2.24. The zero-order chi connectivity index (χ0) is 21.0. The smallest absolute Gasteiger partial charge is 0.257 e. The van der Waals surface area contributed by atoms with Crippen LogP contribution in [0, 0.1) is 17.5 Å². The molecule has 3 N–H and O–H groups in total. The van der Waals surface area contributed by atoms with Crippen molar-refractivity contribution >= 4 is 11.8 Å². The molecule has 0 radical (unpaired) electrons. The molecule has 0 saturated carbocycles. The molecule has 0 unspecified atom stereocenters. The van der Waals surface area contributed by atoms with Crippen molar-refractivity contribution in [2.45, 2.75) is 12.5 Å². The topological polar surface area (TPSA) is 72.2 Å². The van der Waals surface area contributed by atoms with Gasteiger partial charge >= 0.3 is 0 Å². The Morgan fingerprint density at radius 3 is 1.97 bits per heavy atom. The van der Waals surface area contributed by atoms with Crippen molar-refractivity contribution in [3.05, 3.63) is 95.3 Å². The number of nitrogens with two attached hydrogens (primary N) is 1. The number of primary amides is 1. The molecular weight excluding hydrogens is 381 g/mol. The fraction of sp³-hybridized carbons (Fsp3) is 0.0909.